The SMILES string of the molecule is COc1cccc(OCc2nnc(SCC(N)=O)n2C[C@@H]2CCCO2)c1. The van der Waals surface area contributed by atoms with Crippen LogP contribution in [0.2, 0.25) is 0 Å². The molecule has 1 aliphatic rings. The van der Waals surface area contributed by atoms with E-state index in [1.54, 1.807) is 7.11 Å². The number of rotatable bonds is 9. The van der Waals surface area contributed by atoms with Gasteiger partial charge in [0.05, 0.1) is 25.5 Å². The molecule has 1 atom stereocenters. The number of ether oxygens (including phenoxy) is 3. The summed E-state index contributed by atoms with van der Waals surface area (Å²) in [5.41, 5.74) is 5.24. The van der Waals surface area contributed by atoms with Crippen molar-refractivity contribution in [1.29, 1.82) is 0 Å². The highest BCUT2D eigenvalue weighted by atomic mass is 32.2. The fourth-order valence-corrected chi connectivity index (χ4v) is 3.39. The Morgan fingerprint density at radius 2 is 2.27 bits per heavy atom. The zero-order chi connectivity index (χ0) is 18.4. The van der Waals surface area contributed by atoms with Crippen LogP contribution in [0.3, 0.4) is 0 Å². The van der Waals surface area contributed by atoms with Crippen LogP contribution in [-0.2, 0) is 22.7 Å². The van der Waals surface area contributed by atoms with Crippen molar-refractivity contribution in [3.8, 4) is 11.5 Å². The molecule has 2 aromatic rings. The van der Waals surface area contributed by atoms with E-state index in [-0.39, 0.29) is 18.5 Å². The van der Waals surface area contributed by atoms with Crippen LogP contribution < -0.4 is 15.2 Å². The molecule has 2 heterocycles. The van der Waals surface area contributed by atoms with E-state index in [4.69, 9.17) is 19.9 Å². The Morgan fingerprint density at radius 3 is 3.00 bits per heavy atom. The average Bonchev–Trinajstić information content (AvgIpc) is 3.29. The number of benzene rings is 1. The third-order valence-electron chi connectivity index (χ3n) is 3.96. The predicted octanol–water partition coefficient (Wildman–Crippen LogP) is 1.62. The Morgan fingerprint density at radius 1 is 1.42 bits per heavy atom. The molecule has 9 heteroatoms. The second-order valence-corrected chi connectivity index (χ2v) is 6.81. The van der Waals surface area contributed by atoms with E-state index in [1.807, 2.05) is 28.8 Å². The first kappa shape index (κ1) is 18.5. The minimum Gasteiger partial charge on any atom is -0.497 e. The van der Waals surface area contributed by atoms with Gasteiger partial charge in [0.25, 0.3) is 0 Å². The molecular weight excluding hydrogens is 356 g/mol. The first-order valence-corrected chi connectivity index (χ1v) is 9.36. The molecule has 1 aromatic carbocycles. The van der Waals surface area contributed by atoms with E-state index in [9.17, 15) is 4.79 Å². The number of methoxy groups -OCH3 is 1. The van der Waals surface area contributed by atoms with Gasteiger partial charge in [-0.25, -0.2) is 0 Å². The summed E-state index contributed by atoms with van der Waals surface area (Å²) < 4.78 is 18.7. The van der Waals surface area contributed by atoms with Gasteiger partial charge in [0, 0.05) is 12.7 Å². The molecule has 0 radical (unpaired) electrons. The van der Waals surface area contributed by atoms with E-state index in [0.717, 1.165) is 25.2 Å². The van der Waals surface area contributed by atoms with Crippen LogP contribution in [0, 0.1) is 0 Å². The van der Waals surface area contributed by atoms with E-state index >= 15 is 0 Å². The summed E-state index contributed by atoms with van der Waals surface area (Å²) in [5, 5.41) is 9.05. The largest absolute Gasteiger partial charge is 0.497 e. The van der Waals surface area contributed by atoms with Gasteiger partial charge in [-0.05, 0) is 25.0 Å². The Balaban J connectivity index is 1.72. The van der Waals surface area contributed by atoms with E-state index in [1.165, 1.54) is 11.8 Å². The van der Waals surface area contributed by atoms with Crippen molar-refractivity contribution in [1.82, 2.24) is 14.8 Å². The van der Waals surface area contributed by atoms with E-state index < -0.39 is 5.91 Å². The molecule has 140 valence electrons. The molecule has 1 fully saturated rings. The molecule has 0 saturated carbocycles. The van der Waals surface area contributed by atoms with Crippen LogP contribution in [0.1, 0.15) is 18.7 Å². The van der Waals surface area contributed by atoms with Crippen LogP contribution in [0.25, 0.3) is 0 Å². The summed E-state index contributed by atoms with van der Waals surface area (Å²) in [6.45, 7) is 1.65. The molecule has 0 bridgehead atoms. The zero-order valence-corrected chi connectivity index (χ0v) is 15.4. The average molecular weight is 378 g/mol. The second-order valence-electron chi connectivity index (χ2n) is 5.87. The van der Waals surface area contributed by atoms with Crippen molar-refractivity contribution >= 4 is 17.7 Å². The van der Waals surface area contributed by atoms with Crippen molar-refractivity contribution in [2.75, 3.05) is 19.5 Å². The maximum atomic E-state index is 11.1. The van der Waals surface area contributed by atoms with Gasteiger partial charge in [0.2, 0.25) is 5.91 Å². The van der Waals surface area contributed by atoms with Crippen LogP contribution in [-0.4, -0.2) is 46.2 Å². The van der Waals surface area contributed by atoms with E-state index in [2.05, 4.69) is 10.2 Å². The normalized spacial score (nSPS) is 16.6. The topological polar surface area (TPSA) is 101 Å². The lowest BCUT2D eigenvalue weighted by molar-refractivity contribution is -0.115. The Kier molecular flexibility index (Phi) is 6.35. The van der Waals surface area contributed by atoms with Gasteiger partial charge >= 0.3 is 0 Å². The lowest BCUT2D eigenvalue weighted by Gasteiger charge is -2.15. The molecule has 1 aromatic heterocycles. The van der Waals surface area contributed by atoms with E-state index in [0.29, 0.717) is 23.3 Å². The van der Waals surface area contributed by atoms with Gasteiger partial charge in [0.15, 0.2) is 11.0 Å². The number of hydrogen-bond acceptors (Lipinski definition) is 7. The first-order valence-electron chi connectivity index (χ1n) is 8.37. The molecule has 0 unspecified atom stereocenters. The second kappa shape index (κ2) is 8.91. The number of carbonyl (C=O) groups excluding carboxylic acids is 1. The summed E-state index contributed by atoms with van der Waals surface area (Å²) in [5.74, 6) is 1.84. The van der Waals surface area contributed by atoms with Gasteiger partial charge in [0.1, 0.15) is 18.1 Å². The molecular formula is C17H22N4O4S. The maximum Gasteiger partial charge on any atom is 0.227 e. The Labute approximate surface area is 156 Å². The van der Waals surface area contributed by atoms with Crippen molar-refractivity contribution in [3.05, 3.63) is 30.1 Å². The highest BCUT2D eigenvalue weighted by Gasteiger charge is 2.21. The van der Waals surface area contributed by atoms with Crippen molar-refractivity contribution < 1.29 is 19.0 Å². The van der Waals surface area contributed by atoms with Crippen molar-refractivity contribution in [2.45, 2.75) is 37.3 Å². The summed E-state index contributed by atoms with van der Waals surface area (Å²) in [6, 6.07) is 7.38. The summed E-state index contributed by atoms with van der Waals surface area (Å²) in [7, 11) is 1.61. The van der Waals surface area contributed by atoms with Gasteiger partial charge in [-0.2, -0.15) is 0 Å². The molecule has 8 nitrogen and oxygen atoms in total. The fraction of sp³-hybridized carbons (Fsp3) is 0.471. The predicted molar refractivity (Wildman–Crippen MR) is 96.2 cm³/mol. The van der Waals surface area contributed by atoms with Gasteiger partial charge in [-0.15, -0.1) is 10.2 Å². The number of primary amides is 1. The Hall–Kier alpha value is -2.26. The minimum absolute atomic E-state index is 0.120. The number of nitrogens with two attached hydrogens (primary N) is 1. The van der Waals surface area contributed by atoms with Crippen LogP contribution >= 0.6 is 11.8 Å². The highest BCUT2D eigenvalue weighted by molar-refractivity contribution is 7.99. The molecule has 1 saturated heterocycles. The first-order chi connectivity index (χ1) is 12.7. The van der Waals surface area contributed by atoms with Crippen molar-refractivity contribution in [2.24, 2.45) is 5.73 Å². The summed E-state index contributed by atoms with van der Waals surface area (Å²) in [4.78, 5) is 11.1. The summed E-state index contributed by atoms with van der Waals surface area (Å²) in [6.07, 6.45) is 2.16. The standard InChI is InChI=1S/C17H22N4O4S/c1-23-12-4-2-5-13(8-12)25-10-16-19-20-17(26-11-15(18)22)21(16)9-14-6-3-7-24-14/h2,4-5,8,14H,3,6-7,9-11H2,1H3,(H2,18,22)/t14-/m0/s1. The van der Waals surface area contributed by atoms with Crippen LogP contribution in [0.4, 0.5) is 0 Å². The zero-order valence-electron chi connectivity index (χ0n) is 14.6. The number of thioether (sulfide) groups is 1. The number of amides is 1. The maximum absolute atomic E-state index is 11.1. The van der Waals surface area contributed by atoms with Crippen molar-refractivity contribution in [3.63, 3.8) is 0 Å². The molecule has 0 aliphatic carbocycles. The number of hydrogen-bond donors (Lipinski definition) is 1. The number of carbonyl (C=O) groups is 1. The lowest BCUT2D eigenvalue weighted by atomic mass is 10.2. The highest BCUT2D eigenvalue weighted by Crippen LogP contribution is 2.23. The van der Waals surface area contributed by atoms with Crippen LogP contribution in [0.15, 0.2) is 29.4 Å². The van der Waals surface area contributed by atoms with Gasteiger partial charge in [-0.1, -0.05) is 17.8 Å². The molecule has 1 amide bonds. The smallest absolute Gasteiger partial charge is 0.227 e. The minimum atomic E-state index is -0.393. The summed E-state index contributed by atoms with van der Waals surface area (Å²) >= 11 is 1.27. The van der Waals surface area contributed by atoms with Gasteiger partial charge < -0.3 is 24.5 Å². The Bertz CT molecular complexity index is 746. The molecule has 0 spiro atoms. The number of aromatic nitrogens is 3. The monoisotopic (exact) mass is 378 g/mol. The van der Waals surface area contributed by atoms with Crippen LogP contribution in [0.5, 0.6) is 11.5 Å². The fourth-order valence-electron chi connectivity index (χ4n) is 2.68. The molecule has 2 N–H and O–H groups in total. The lowest BCUT2D eigenvalue weighted by Crippen LogP contribution is -2.19. The molecule has 1 aliphatic heterocycles. The third-order valence-corrected chi connectivity index (χ3v) is 4.95. The quantitative estimate of drug-likeness (QED) is 0.662. The van der Waals surface area contributed by atoms with Gasteiger partial charge in [-0.3, -0.25) is 4.79 Å². The molecule has 3 rings (SSSR count). The third kappa shape index (κ3) is 4.89. The number of nitrogens with zero attached hydrogens (tertiary/aromatic N) is 3. The molecule has 26 heavy (non-hydrogen) atoms.